The van der Waals surface area contributed by atoms with Gasteiger partial charge >= 0.3 is 0 Å². The smallest absolute Gasteiger partial charge is 0.169 e. The molecule has 4 aromatic carbocycles. The zero-order valence-electron chi connectivity index (χ0n) is 27.5. The van der Waals surface area contributed by atoms with Crippen LogP contribution in [0.5, 0.6) is 0 Å². The summed E-state index contributed by atoms with van der Waals surface area (Å²) in [6.07, 6.45) is 12.0. The summed E-state index contributed by atoms with van der Waals surface area (Å²) in [5.74, 6) is 0. The maximum atomic E-state index is 7.22. The van der Waals surface area contributed by atoms with Gasteiger partial charge in [-0.3, -0.25) is 0 Å². The summed E-state index contributed by atoms with van der Waals surface area (Å²) in [5.41, 5.74) is 7.76. The molecule has 2 aliphatic heterocycles. The molecule has 1 unspecified atom stereocenters. The molecule has 230 valence electrons. The Labute approximate surface area is 273 Å². The maximum absolute atomic E-state index is 7.22. The summed E-state index contributed by atoms with van der Waals surface area (Å²) in [4.78, 5) is 4.64. The maximum Gasteiger partial charge on any atom is 0.169 e. The van der Waals surface area contributed by atoms with Crippen LogP contribution in [0.3, 0.4) is 0 Å². The van der Waals surface area contributed by atoms with E-state index in [1.165, 1.54) is 60.9 Å². The van der Waals surface area contributed by atoms with Gasteiger partial charge in [-0.05, 0) is 87.4 Å². The topological polar surface area (TPSA) is 15.7 Å². The summed E-state index contributed by atoms with van der Waals surface area (Å²) >= 11 is 7.22. The van der Waals surface area contributed by atoms with Crippen molar-refractivity contribution in [3.8, 4) is 0 Å². The van der Waals surface area contributed by atoms with Gasteiger partial charge in [0.1, 0.15) is 0 Å². The zero-order chi connectivity index (χ0) is 31.7. The average Bonchev–Trinajstić information content (AvgIpc) is 3.35. The number of anilines is 2. The number of rotatable bonds is 4. The van der Waals surface area contributed by atoms with Crippen LogP contribution in [0.1, 0.15) is 58.1 Å². The van der Waals surface area contributed by atoms with E-state index in [0.717, 1.165) is 24.3 Å². The van der Waals surface area contributed by atoms with E-state index in [0.29, 0.717) is 0 Å². The van der Waals surface area contributed by atoms with Crippen molar-refractivity contribution >= 4 is 44.5 Å². The summed E-state index contributed by atoms with van der Waals surface area (Å²) in [6, 6.07) is 26.3. The number of allylic oxidation sites excluding steroid dienone is 7. The quantitative estimate of drug-likeness (QED) is 0.227. The van der Waals surface area contributed by atoms with Gasteiger partial charge in [0.25, 0.3) is 0 Å². The molecule has 45 heavy (non-hydrogen) atoms. The largest absolute Gasteiger partial charge is 0.354 e. The highest BCUT2D eigenvalue weighted by Gasteiger charge is 2.55. The number of benzene rings is 4. The molecule has 1 aliphatic carbocycles. The van der Waals surface area contributed by atoms with Gasteiger partial charge in [0.15, 0.2) is 5.72 Å². The van der Waals surface area contributed by atoms with Gasteiger partial charge in [0.2, 0.25) is 0 Å². The second kappa shape index (κ2) is 10.6. The van der Waals surface area contributed by atoms with Crippen LogP contribution in [0.25, 0.3) is 21.5 Å². The molecule has 0 saturated heterocycles. The predicted molar refractivity (Wildman–Crippen MR) is 193 cm³/mol. The van der Waals surface area contributed by atoms with Crippen LogP contribution in [-0.2, 0) is 15.6 Å². The predicted octanol–water partition coefficient (Wildman–Crippen LogP) is 10.5. The Bertz CT molecular complexity index is 1980. The first kappa shape index (κ1) is 29.9. The number of hydrogen-bond acceptors (Lipinski definition) is 3. The summed E-state index contributed by atoms with van der Waals surface area (Å²) in [5, 5.41) is 6.01. The summed E-state index contributed by atoms with van der Waals surface area (Å²) in [7, 11) is 6.15. The Morgan fingerprint density at radius 1 is 0.756 bits per heavy atom. The Morgan fingerprint density at radius 3 is 2.04 bits per heavy atom. The van der Waals surface area contributed by atoms with Gasteiger partial charge in [-0.1, -0.05) is 112 Å². The number of likely N-dealkylation sites (N-methyl/N-ethyl adjacent to an activating group) is 2. The molecule has 0 aromatic heterocycles. The minimum Gasteiger partial charge on any atom is -0.354 e. The van der Waals surface area contributed by atoms with Gasteiger partial charge in [0, 0.05) is 54.1 Å². The second-order valence-electron chi connectivity index (χ2n) is 13.9. The van der Waals surface area contributed by atoms with Crippen molar-refractivity contribution in [2.45, 2.75) is 63.5 Å². The number of methoxy groups -OCH3 is 1. The van der Waals surface area contributed by atoms with Crippen LogP contribution >= 0.6 is 11.6 Å². The van der Waals surface area contributed by atoms with Crippen LogP contribution in [-0.4, -0.2) is 26.9 Å². The lowest BCUT2D eigenvalue weighted by Gasteiger charge is -2.43. The van der Waals surface area contributed by atoms with Gasteiger partial charge in [-0.15, -0.1) is 0 Å². The van der Waals surface area contributed by atoms with E-state index < -0.39 is 5.72 Å². The average molecular weight is 615 g/mol. The van der Waals surface area contributed by atoms with E-state index in [1.807, 2.05) is 7.11 Å². The number of halogens is 1. The lowest BCUT2D eigenvalue weighted by Crippen LogP contribution is -2.54. The first-order chi connectivity index (χ1) is 21.5. The molecule has 4 heteroatoms. The van der Waals surface area contributed by atoms with Crippen molar-refractivity contribution < 1.29 is 4.74 Å². The standard InChI is InChI=1S/C41H43ClN2O/c1-39(2)35(43(5)33-22-19-27-13-8-10-17-31(27)36(33)39)24-21-29-15-12-16-30(38(29)42)25-26-41(45-7)40(3,4)37-32-18-11-9-14-28(32)20-23-34(37)44(41)6/h8-11,13-14,17-26H,12,15-16H2,1-7H3. The van der Waals surface area contributed by atoms with Gasteiger partial charge in [-0.25, -0.2) is 0 Å². The Hall–Kier alpha value is -3.79. The molecule has 3 aliphatic rings. The van der Waals surface area contributed by atoms with Gasteiger partial charge in [-0.2, -0.15) is 0 Å². The highest BCUT2D eigenvalue weighted by molar-refractivity contribution is 6.32. The van der Waals surface area contributed by atoms with Crippen molar-refractivity contribution in [3.63, 3.8) is 0 Å². The van der Waals surface area contributed by atoms with Crippen LogP contribution in [0.2, 0.25) is 0 Å². The molecule has 7 rings (SSSR count). The van der Waals surface area contributed by atoms with E-state index in [1.54, 1.807) is 0 Å². The number of nitrogens with zero attached hydrogens (tertiary/aromatic N) is 2. The van der Waals surface area contributed by atoms with E-state index in [9.17, 15) is 0 Å². The van der Waals surface area contributed by atoms with Crippen molar-refractivity contribution in [2.75, 3.05) is 31.0 Å². The van der Waals surface area contributed by atoms with Crippen molar-refractivity contribution in [1.82, 2.24) is 0 Å². The molecule has 0 saturated carbocycles. The molecule has 0 fully saturated rings. The lowest BCUT2D eigenvalue weighted by molar-refractivity contribution is -0.0125. The molecule has 0 radical (unpaired) electrons. The molecule has 0 N–H and O–H groups in total. The molecular formula is C41H43ClN2O. The Morgan fingerprint density at radius 2 is 1.38 bits per heavy atom. The molecule has 1 atom stereocenters. The van der Waals surface area contributed by atoms with Crippen molar-refractivity contribution in [1.29, 1.82) is 0 Å². The fraction of sp³-hybridized carbons (Fsp3) is 0.317. The monoisotopic (exact) mass is 614 g/mol. The van der Waals surface area contributed by atoms with E-state index in [4.69, 9.17) is 16.3 Å². The molecule has 3 nitrogen and oxygen atoms in total. The zero-order valence-corrected chi connectivity index (χ0v) is 28.3. The van der Waals surface area contributed by atoms with E-state index in [-0.39, 0.29) is 10.8 Å². The molecular weight excluding hydrogens is 572 g/mol. The number of hydrogen-bond donors (Lipinski definition) is 0. The van der Waals surface area contributed by atoms with Crippen molar-refractivity contribution in [2.24, 2.45) is 0 Å². The fourth-order valence-corrected chi connectivity index (χ4v) is 8.86. The van der Waals surface area contributed by atoms with Gasteiger partial charge < -0.3 is 14.5 Å². The molecule has 4 aromatic rings. The second-order valence-corrected chi connectivity index (χ2v) is 14.3. The molecule has 2 heterocycles. The first-order valence-corrected chi connectivity index (χ1v) is 16.5. The highest BCUT2D eigenvalue weighted by atomic mass is 35.5. The highest BCUT2D eigenvalue weighted by Crippen LogP contribution is 2.55. The number of ether oxygens (including phenoxy) is 1. The minimum atomic E-state index is -0.655. The third-order valence-corrected chi connectivity index (χ3v) is 11.4. The van der Waals surface area contributed by atoms with E-state index in [2.05, 4.69) is 149 Å². The lowest BCUT2D eigenvalue weighted by atomic mass is 9.75. The van der Waals surface area contributed by atoms with Crippen LogP contribution in [0.15, 0.2) is 119 Å². The SMILES string of the molecule is COC1(C=CC2=C(Cl)C(=CC=C3N(C)c4ccc5ccccc5c4C3(C)C)CCC2)N(C)c2ccc3ccccc3c2C1(C)C. The minimum absolute atomic E-state index is 0.127. The normalized spacial score (nSPS) is 24.1. The number of fused-ring (bicyclic) bond motifs is 6. The Kier molecular flexibility index (Phi) is 7.07. The van der Waals surface area contributed by atoms with Crippen LogP contribution in [0.4, 0.5) is 11.4 Å². The van der Waals surface area contributed by atoms with Gasteiger partial charge in [0.05, 0.1) is 0 Å². The fourth-order valence-electron chi connectivity index (χ4n) is 8.55. The van der Waals surface area contributed by atoms with Crippen molar-refractivity contribution in [3.05, 3.63) is 130 Å². The summed E-state index contributed by atoms with van der Waals surface area (Å²) < 4.78 is 6.47. The van der Waals surface area contributed by atoms with Crippen LogP contribution in [0, 0.1) is 0 Å². The Balaban J connectivity index is 1.24. The third-order valence-electron chi connectivity index (χ3n) is 10.9. The van der Waals surface area contributed by atoms with Crippen LogP contribution < -0.4 is 9.80 Å². The summed E-state index contributed by atoms with van der Waals surface area (Å²) in [6.45, 7) is 9.27. The van der Waals surface area contributed by atoms with E-state index >= 15 is 0 Å². The molecule has 0 amide bonds. The molecule has 0 spiro atoms. The first-order valence-electron chi connectivity index (χ1n) is 16.1. The molecule has 0 bridgehead atoms. The third kappa shape index (κ3) is 4.27.